The molecule has 21 heavy (non-hydrogen) atoms. The van der Waals surface area contributed by atoms with Gasteiger partial charge in [-0.3, -0.25) is 9.78 Å². The van der Waals surface area contributed by atoms with Crippen molar-refractivity contribution in [2.75, 3.05) is 7.11 Å². The molecular weight excluding hydrogens is 266 g/mol. The molecule has 0 aliphatic heterocycles. The van der Waals surface area contributed by atoms with Crippen molar-refractivity contribution in [3.8, 4) is 5.75 Å². The topological polar surface area (TPSA) is 59.4 Å². The van der Waals surface area contributed by atoms with Crippen LogP contribution in [0.15, 0.2) is 12.1 Å². The van der Waals surface area contributed by atoms with E-state index < -0.39 is 11.4 Å². The Labute approximate surface area is 126 Å². The second-order valence-electron chi connectivity index (χ2n) is 6.27. The van der Waals surface area contributed by atoms with Gasteiger partial charge in [-0.1, -0.05) is 26.2 Å². The Balaban J connectivity index is 2.28. The average Bonchev–Trinajstić information content (AvgIpc) is 2.46. The van der Waals surface area contributed by atoms with Crippen LogP contribution in [0.3, 0.4) is 0 Å². The van der Waals surface area contributed by atoms with Crippen LogP contribution in [0.4, 0.5) is 0 Å². The molecule has 2 atom stereocenters. The quantitative estimate of drug-likeness (QED) is 0.900. The van der Waals surface area contributed by atoms with E-state index >= 15 is 0 Å². The van der Waals surface area contributed by atoms with E-state index in [0.29, 0.717) is 12.3 Å². The van der Waals surface area contributed by atoms with Gasteiger partial charge >= 0.3 is 5.97 Å². The van der Waals surface area contributed by atoms with Crippen molar-refractivity contribution < 1.29 is 14.6 Å². The van der Waals surface area contributed by atoms with Crippen LogP contribution in [0.25, 0.3) is 0 Å². The van der Waals surface area contributed by atoms with Gasteiger partial charge < -0.3 is 9.84 Å². The number of carboxylic acid groups (broad SMARTS) is 1. The Morgan fingerprint density at radius 3 is 2.90 bits per heavy atom. The molecule has 0 saturated heterocycles. The summed E-state index contributed by atoms with van der Waals surface area (Å²) in [6, 6.07) is 3.74. The Hall–Kier alpha value is -1.58. The number of aromatic nitrogens is 1. The van der Waals surface area contributed by atoms with Crippen molar-refractivity contribution in [2.45, 2.75) is 52.4 Å². The molecule has 1 aliphatic rings. The molecule has 0 bridgehead atoms. The maximum Gasteiger partial charge on any atom is 0.310 e. The highest BCUT2D eigenvalue weighted by Gasteiger charge is 2.42. The first kappa shape index (κ1) is 15.8. The van der Waals surface area contributed by atoms with Crippen LogP contribution in [0, 0.1) is 18.3 Å². The maximum absolute atomic E-state index is 11.9. The fourth-order valence-electron chi connectivity index (χ4n) is 3.52. The Kier molecular flexibility index (Phi) is 4.86. The maximum atomic E-state index is 11.9. The lowest BCUT2D eigenvalue weighted by Crippen LogP contribution is -2.38. The lowest BCUT2D eigenvalue weighted by Gasteiger charge is -2.37. The van der Waals surface area contributed by atoms with Crippen molar-refractivity contribution >= 4 is 5.97 Å². The van der Waals surface area contributed by atoms with Gasteiger partial charge in [0.05, 0.1) is 12.5 Å². The second kappa shape index (κ2) is 6.46. The molecule has 1 aromatic rings. The molecule has 4 heteroatoms. The van der Waals surface area contributed by atoms with E-state index in [1.165, 1.54) is 0 Å². The summed E-state index contributed by atoms with van der Waals surface area (Å²) in [6.07, 6.45) is 5.20. The summed E-state index contributed by atoms with van der Waals surface area (Å²) in [5.74, 6) is 0.588. The predicted octanol–water partition coefficient (Wildman–Crippen LogP) is 3.61. The molecule has 0 spiro atoms. The number of hydrogen-bond acceptors (Lipinski definition) is 3. The lowest BCUT2D eigenvalue weighted by atomic mass is 9.66. The monoisotopic (exact) mass is 291 g/mol. The summed E-state index contributed by atoms with van der Waals surface area (Å²) in [5.41, 5.74) is 1.03. The molecule has 1 saturated carbocycles. The molecule has 1 fully saturated rings. The molecule has 4 nitrogen and oxygen atoms in total. The van der Waals surface area contributed by atoms with Gasteiger partial charge in [0.25, 0.3) is 0 Å². The van der Waals surface area contributed by atoms with E-state index in [1.54, 1.807) is 7.11 Å². The van der Waals surface area contributed by atoms with Crippen LogP contribution in [0.2, 0.25) is 0 Å². The van der Waals surface area contributed by atoms with Gasteiger partial charge in [-0.15, -0.1) is 0 Å². The predicted molar refractivity (Wildman–Crippen MR) is 81.5 cm³/mol. The van der Waals surface area contributed by atoms with Gasteiger partial charge in [0.1, 0.15) is 5.75 Å². The van der Waals surface area contributed by atoms with Crippen LogP contribution < -0.4 is 4.74 Å². The van der Waals surface area contributed by atoms with Crippen molar-refractivity contribution in [1.82, 2.24) is 4.98 Å². The van der Waals surface area contributed by atoms with Crippen LogP contribution >= 0.6 is 0 Å². The van der Waals surface area contributed by atoms with Crippen molar-refractivity contribution in [3.05, 3.63) is 23.5 Å². The smallest absolute Gasteiger partial charge is 0.310 e. The number of methoxy groups -OCH3 is 1. The van der Waals surface area contributed by atoms with E-state index in [9.17, 15) is 9.90 Å². The molecule has 1 N–H and O–H groups in total. The van der Waals surface area contributed by atoms with Crippen LogP contribution in [0.5, 0.6) is 5.75 Å². The summed E-state index contributed by atoms with van der Waals surface area (Å²) in [5, 5.41) is 9.80. The lowest BCUT2D eigenvalue weighted by molar-refractivity contribution is -0.152. The highest BCUT2D eigenvalue weighted by Crippen LogP contribution is 2.43. The molecule has 1 aromatic heterocycles. The van der Waals surface area contributed by atoms with Crippen molar-refractivity contribution in [3.63, 3.8) is 0 Å². The normalized spacial score (nSPS) is 25.6. The number of aryl methyl sites for hydroxylation is 1. The highest BCUT2D eigenvalue weighted by molar-refractivity contribution is 5.75. The minimum Gasteiger partial charge on any atom is -0.497 e. The second-order valence-corrected chi connectivity index (χ2v) is 6.27. The average molecular weight is 291 g/mol. The molecule has 2 rings (SSSR count). The number of nitrogens with zero attached hydrogens (tertiary/aromatic N) is 1. The van der Waals surface area contributed by atoms with Crippen molar-refractivity contribution in [2.24, 2.45) is 11.3 Å². The minimum atomic E-state index is -0.678. The highest BCUT2D eigenvalue weighted by atomic mass is 16.5. The van der Waals surface area contributed by atoms with Crippen molar-refractivity contribution in [1.29, 1.82) is 0 Å². The van der Waals surface area contributed by atoms with Gasteiger partial charge in [0.15, 0.2) is 0 Å². The van der Waals surface area contributed by atoms with E-state index in [2.05, 4.69) is 11.9 Å². The summed E-state index contributed by atoms with van der Waals surface area (Å²) >= 11 is 0. The van der Waals surface area contributed by atoms with Crippen LogP contribution in [0.1, 0.15) is 50.4 Å². The third-order valence-electron chi connectivity index (χ3n) is 4.71. The molecule has 1 heterocycles. The van der Waals surface area contributed by atoms with Gasteiger partial charge in [0.2, 0.25) is 0 Å². The Morgan fingerprint density at radius 2 is 2.29 bits per heavy atom. The molecule has 0 aromatic carbocycles. The van der Waals surface area contributed by atoms with Gasteiger partial charge in [-0.2, -0.15) is 0 Å². The number of carbonyl (C=O) groups is 1. The Morgan fingerprint density at radius 1 is 1.52 bits per heavy atom. The summed E-state index contributed by atoms with van der Waals surface area (Å²) < 4.78 is 5.27. The van der Waals surface area contributed by atoms with E-state index in [0.717, 1.165) is 49.2 Å². The fourth-order valence-corrected chi connectivity index (χ4v) is 3.52. The van der Waals surface area contributed by atoms with E-state index in [4.69, 9.17) is 4.74 Å². The van der Waals surface area contributed by atoms with E-state index in [-0.39, 0.29) is 0 Å². The minimum absolute atomic E-state index is 0.497. The summed E-state index contributed by atoms with van der Waals surface area (Å²) in [6.45, 7) is 4.06. The number of ether oxygens (including phenoxy) is 1. The number of hydrogen-bond donors (Lipinski definition) is 1. The first-order valence-corrected chi connectivity index (χ1v) is 7.74. The number of aliphatic carboxylic acids is 1. The Bertz CT molecular complexity index is 515. The van der Waals surface area contributed by atoms with Crippen LogP contribution in [-0.4, -0.2) is 23.2 Å². The standard InChI is InChI=1S/C17H25NO3/c1-4-13-6-5-7-17(10-13,16(19)20)11-14-9-15(21-3)8-12(2)18-14/h8-9,13H,4-7,10-11H2,1-3H3,(H,19,20). The summed E-state index contributed by atoms with van der Waals surface area (Å²) in [4.78, 5) is 16.4. The number of pyridine rings is 1. The zero-order chi connectivity index (χ0) is 15.5. The van der Waals surface area contributed by atoms with E-state index in [1.807, 2.05) is 19.1 Å². The third kappa shape index (κ3) is 3.55. The van der Waals surface area contributed by atoms with Gasteiger partial charge in [-0.05, 0) is 25.7 Å². The largest absolute Gasteiger partial charge is 0.497 e. The number of carboxylic acids is 1. The molecule has 0 radical (unpaired) electrons. The van der Waals surface area contributed by atoms with Gasteiger partial charge in [0, 0.05) is 29.9 Å². The first-order chi connectivity index (χ1) is 9.99. The number of rotatable bonds is 5. The van der Waals surface area contributed by atoms with Crippen LogP contribution in [-0.2, 0) is 11.2 Å². The molecule has 2 unspecified atom stereocenters. The molecule has 1 aliphatic carbocycles. The summed E-state index contributed by atoms with van der Waals surface area (Å²) in [7, 11) is 1.62. The van der Waals surface area contributed by atoms with Gasteiger partial charge in [-0.25, -0.2) is 0 Å². The fraction of sp³-hybridized carbons (Fsp3) is 0.647. The molecular formula is C17H25NO3. The molecule has 0 amide bonds. The zero-order valence-electron chi connectivity index (χ0n) is 13.2. The zero-order valence-corrected chi connectivity index (χ0v) is 13.2. The third-order valence-corrected chi connectivity index (χ3v) is 4.71. The SMILES string of the molecule is CCC1CCCC(Cc2cc(OC)cc(C)n2)(C(=O)O)C1. The first-order valence-electron chi connectivity index (χ1n) is 7.74. The molecule has 116 valence electrons.